The summed E-state index contributed by atoms with van der Waals surface area (Å²) >= 11 is 0. The first-order valence-corrected chi connectivity index (χ1v) is 22.7. The molecule has 6 atom stereocenters. The monoisotopic (exact) mass is 707 g/mol. The van der Waals surface area contributed by atoms with E-state index in [2.05, 4.69) is 114 Å². The van der Waals surface area contributed by atoms with E-state index in [1.54, 1.807) is 0 Å². The normalized spacial score (nSPS) is 16.7. The predicted molar refractivity (Wildman–Crippen MR) is 220 cm³/mol. The van der Waals surface area contributed by atoms with Gasteiger partial charge in [0.05, 0.1) is 0 Å². The number of hydrogen-bond donors (Lipinski definition) is 0. The number of unbranched alkanes of at least 4 members (excludes halogenated alkanes) is 5. The van der Waals surface area contributed by atoms with E-state index in [0.29, 0.717) is 29.4 Å². The van der Waals surface area contributed by atoms with Crippen LogP contribution < -0.4 is 0 Å². The van der Waals surface area contributed by atoms with Crippen LogP contribution in [0.1, 0.15) is 257 Å². The molecule has 282 valence electrons. The van der Waals surface area contributed by atoms with Crippen molar-refractivity contribution in [3.63, 3.8) is 0 Å². The molecule has 0 aromatic heterocycles. The molecule has 0 bridgehead atoms. The van der Waals surface area contributed by atoms with Crippen LogP contribution in [0.25, 0.3) is 0 Å². The molecule has 0 aliphatic heterocycles. The molecule has 4 heteroatoms. The summed E-state index contributed by atoms with van der Waals surface area (Å²) in [5.41, 5.74) is 6.84. The Morgan fingerprint density at radius 3 is 1.02 bits per heavy atom. The second-order valence-corrected chi connectivity index (χ2v) is 18.6. The maximum atomic E-state index is 16.0. The third-order valence-corrected chi connectivity index (χ3v) is 15.0. The van der Waals surface area contributed by atoms with Gasteiger partial charge < -0.3 is 4.57 Å². The van der Waals surface area contributed by atoms with Gasteiger partial charge in [0.2, 0.25) is 18.2 Å². The molecule has 0 heterocycles. The standard InChI is InChI=1S/C46H75O3P/c1-14-21-22-23-24-25-26-50(49,45(47)43-39(33(10)17-4)27-37(31(8)15-2)28-40(43)34(11)18-5)46(48)44-41(35(12)19-6)29-38(32(9)16-3)30-42(44)36(13)20-7/h27-36H,14-26H2,1-13H3. The van der Waals surface area contributed by atoms with Crippen LogP contribution in [-0.4, -0.2) is 17.2 Å². The lowest BCUT2D eigenvalue weighted by Crippen LogP contribution is -2.22. The zero-order valence-electron chi connectivity index (χ0n) is 34.6. The summed E-state index contributed by atoms with van der Waals surface area (Å²) in [4.78, 5) is 31.0. The summed E-state index contributed by atoms with van der Waals surface area (Å²) in [6.07, 6.45) is 11.6. The van der Waals surface area contributed by atoms with E-state index in [0.717, 1.165) is 86.5 Å². The molecule has 2 rings (SSSR count). The van der Waals surface area contributed by atoms with Crippen molar-refractivity contribution in [2.24, 2.45) is 0 Å². The van der Waals surface area contributed by atoms with Gasteiger partial charge in [-0.25, -0.2) is 0 Å². The topological polar surface area (TPSA) is 51.2 Å². The van der Waals surface area contributed by atoms with E-state index in [4.69, 9.17) is 0 Å². The highest BCUT2D eigenvalue weighted by Crippen LogP contribution is 2.57. The second-order valence-electron chi connectivity index (χ2n) is 15.8. The fraction of sp³-hybridized carbons (Fsp3) is 0.696. The molecule has 50 heavy (non-hydrogen) atoms. The molecule has 0 aliphatic rings. The van der Waals surface area contributed by atoms with Crippen LogP contribution in [0.5, 0.6) is 0 Å². The average Bonchev–Trinajstić information content (AvgIpc) is 3.15. The van der Waals surface area contributed by atoms with Gasteiger partial charge in [0.15, 0.2) is 0 Å². The highest BCUT2D eigenvalue weighted by Gasteiger charge is 2.45. The number of carbonyl (C=O) groups excluding carboxylic acids is 2. The maximum absolute atomic E-state index is 16.0. The third kappa shape index (κ3) is 10.3. The Bertz CT molecular complexity index is 1280. The molecule has 3 nitrogen and oxygen atoms in total. The first-order chi connectivity index (χ1) is 23.7. The third-order valence-electron chi connectivity index (χ3n) is 12.3. The van der Waals surface area contributed by atoms with Crippen molar-refractivity contribution in [2.75, 3.05) is 6.16 Å². The summed E-state index contributed by atoms with van der Waals surface area (Å²) in [6.45, 7) is 28.5. The lowest BCUT2D eigenvalue weighted by atomic mass is 9.82. The van der Waals surface area contributed by atoms with Gasteiger partial charge in [0, 0.05) is 17.3 Å². The van der Waals surface area contributed by atoms with E-state index in [1.807, 2.05) is 0 Å². The van der Waals surface area contributed by atoms with Crippen molar-refractivity contribution in [1.29, 1.82) is 0 Å². The quantitative estimate of drug-likeness (QED) is 0.0854. The predicted octanol–water partition coefficient (Wildman–Crippen LogP) is 15.5. The van der Waals surface area contributed by atoms with Crippen LogP contribution in [0.4, 0.5) is 0 Å². The molecule has 0 N–H and O–H groups in total. The maximum Gasteiger partial charge on any atom is 0.229 e. The van der Waals surface area contributed by atoms with Crippen molar-refractivity contribution in [3.05, 3.63) is 68.8 Å². The van der Waals surface area contributed by atoms with Gasteiger partial charge >= 0.3 is 0 Å². The minimum atomic E-state index is -4.08. The van der Waals surface area contributed by atoms with Gasteiger partial charge in [-0.1, -0.05) is 146 Å². The van der Waals surface area contributed by atoms with Crippen molar-refractivity contribution >= 4 is 18.2 Å². The van der Waals surface area contributed by atoms with Gasteiger partial charge in [-0.15, -0.1) is 0 Å². The number of carbonyl (C=O) groups is 2. The molecule has 6 unspecified atom stereocenters. The first-order valence-electron chi connectivity index (χ1n) is 20.8. The Morgan fingerprint density at radius 2 is 0.740 bits per heavy atom. The van der Waals surface area contributed by atoms with Crippen LogP contribution in [0.2, 0.25) is 0 Å². The van der Waals surface area contributed by atoms with Gasteiger partial charge in [0.25, 0.3) is 0 Å². The molecule has 0 saturated carbocycles. The Balaban J connectivity index is 3.06. The minimum absolute atomic E-state index is 0.111. The molecule has 0 fully saturated rings. The molecular formula is C46H75O3P. The van der Waals surface area contributed by atoms with E-state index < -0.39 is 7.14 Å². The molecular weight excluding hydrogens is 631 g/mol. The fourth-order valence-electron chi connectivity index (χ4n) is 7.16. The highest BCUT2D eigenvalue weighted by atomic mass is 31.2. The van der Waals surface area contributed by atoms with Crippen LogP contribution in [0.15, 0.2) is 24.3 Å². The van der Waals surface area contributed by atoms with E-state index >= 15 is 14.2 Å². The van der Waals surface area contributed by atoms with E-state index in [1.165, 1.54) is 17.5 Å². The van der Waals surface area contributed by atoms with Crippen LogP contribution in [0, 0.1) is 0 Å². The summed E-state index contributed by atoms with van der Waals surface area (Å²) in [6, 6.07) is 8.88. The zero-order valence-corrected chi connectivity index (χ0v) is 35.5. The highest BCUT2D eigenvalue weighted by molar-refractivity contribution is 7.95. The van der Waals surface area contributed by atoms with Gasteiger partial charge in [0.1, 0.15) is 0 Å². The summed E-state index contributed by atoms with van der Waals surface area (Å²) in [5.74, 6) is 1.14. The number of rotatable bonds is 23. The molecule has 2 aromatic carbocycles. The van der Waals surface area contributed by atoms with Crippen LogP contribution in [-0.2, 0) is 4.57 Å². The number of benzene rings is 2. The largest absolute Gasteiger partial charge is 0.307 e. The van der Waals surface area contributed by atoms with Crippen molar-refractivity contribution in [3.8, 4) is 0 Å². The van der Waals surface area contributed by atoms with E-state index in [-0.39, 0.29) is 40.9 Å². The molecule has 0 amide bonds. The van der Waals surface area contributed by atoms with Crippen LogP contribution in [0.3, 0.4) is 0 Å². The lowest BCUT2D eigenvalue weighted by Gasteiger charge is -2.29. The van der Waals surface area contributed by atoms with Crippen molar-refractivity contribution in [1.82, 2.24) is 0 Å². The minimum Gasteiger partial charge on any atom is -0.307 e. The Labute approximate surface area is 309 Å². The second kappa shape index (κ2) is 20.9. The van der Waals surface area contributed by atoms with Crippen molar-refractivity contribution in [2.45, 2.75) is 203 Å². The molecule has 0 saturated heterocycles. The SMILES string of the molecule is CCCCCCCCP(=O)(C(=O)c1c(C(C)CC)cc(C(C)CC)cc1C(C)CC)C(=O)c1c(C(C)CC)cc(C(C)CC)cc1C(C)CC. The van der Waals surface area contributed by atoms with Crippen LogP contribution >= 0.6 is 7.14 Å². The Morgan fingerprint density at radius 1 is 0.460 bits per heavy atom. The lowest BCUT2D eigenvalue weighted by molar-refractivity contribution is 0.103. The molecule has 2 aromatic rings. The van der Waals surface area contributed by atoms with E-state index in [9.17, 15) is 0 Å². The fourth-order valence-corrected chi connectivity index (χ4v) is 9.66. The smallest absolute Gasteiger partial charge is 0.229 e. The average molecular weight is 707 g/mol. The van der Waals surface area contributed by atoms with Gasteiger partial charge in [-0.2, -0.15) is 0 Å². The van der Waals surface area contributed by atoms with Gasteiger partial charge in [-0.3, -0.25) is 9.59 Å². The summed E-state index contributed by atoms with van der Waals surface area (Å²) in [7, 11) is -4.08. The Hall–Kier alpha value is -1.99. The Kier molecular flexibility index (Phi) is 18.5. The van der Waals surface area contributed by atoms with Gasteiger partial charge in [-0.05, 0) is 114 Å². The zero-order chi connectivity index (χ0) is 37.8. The molecule has 0 spiro atoms. The summed E-state index contributed by atoms with van der Waals surface area (Å²) in [5, 5.41) is 0. The first kappa shape index (κ1) is 44.2. The molecule has 0 aliphatic carbocycles. The molecule has 0 radical (unpaired) electrons. The van der Waals surface area contributed by atoms with Crippen molar-refractivity contribution < 1.29 is 14.2 Å². The number of hydrogen-bond acceptors (Lipinski definition) is 3. The summed E-state index contributed by atoms with van der Waals surface area (Å²) < 4.78 is 16.0.